The molecule has 2 N–H and O–H groups in total. The number of carbonyl (C=O) groups is 2. The van der Waals surface area contributed by atoms with E-state index in [1.54, 1.807) is 17.9 Å². The molecule has 0 aliphatic heterocycles. The van der Waals surface area contributed by atoms with Crippen molar-refractivity contribution in [3.05, 3.63) is 16.4 Å². The second kappa shape index (κ2) is 5.95. The van der Waals surface area contributed by atoms with Gasteiger partial charge in [0, 0.05) is 13.2 Å². The van der Waals surface area contributed by atoms with Crippen molar-refractivity contribution in [2.75, 3.05) is 0 Å². The molecule has 0 saturated heterocycles. The average Bonchev–Trinajstić information content (AvgIpc) is 2.68. The number of rotatable bonds is 4. The fourth-order valence-electron chi connectivity index (χ4n) is 2.78. The summed E-state index contributed by atoms with van der Waals surface area (Å²) in [5.74, 6) is -1.20. The zero-order chi connectivity index (χ0) is 14.8. The molecule has 1 saturated carbocycles. The van der Waals surface area contributed by atoms with Gasteiger partial charge in [0.2, 0.25) is 0 Å². The van der Waals surface area contributed by atoms with E-state index >= 15 is 0 Å². The maximum atomic E-state index is 12.3. The first-order chi connectivity index (χ1) is 9.42. The Morgan fingerprint density at radius 2 is 2.10 bits per heavy atom. The molecule has 0 aromatic carbocycles. The number of aliphatic carboxylic acids is 1. The predicted octanol–water partition coefficient (Wildman–Crippen LogP) is 2.09. The van der Waals surface area contributed by atoms with Crippen LogP contribution in [0.1, 0.15) is 49.0 Å². The molecule has 1 aliphatic carbocycles. The molecule has 7 heteroatoms. The minimum Gasteiger partial charge on any atom is -0.481 e. The van der Waals surface area contributed by atoms with E-state index in [1.807, 2.05) is 0 Å². The summed E-state index contributed by atoms with van der Waals surface area (Å²) in [5, 5.41) is 16.1. The summed E-state index contributed by atoms with van der Waals surface area (Å²) in [6.45, 7) is 0. The molecule has 0 spiro atoms. The lowest BCUT2D eigenvalue weighted by Crippen LogP contribution is -2.51. The summed E-state index contributed by atoms with van der Waals surface area (Å²) < 4.78 is 2.16. The van der Waals surface area contributed by atoms with Gasteiger partial charge in [0.15, 0.2) is 5.69 Å². The summed E-state index contributed by atoms with van der Waals surface area (Å²) in [7, 11) is 1.73. The predicted molar refractivity (Wildman–Crippen MR) is 76.4 cm³/mol. The van der Waals surface area contributed by atoms with Gasteiger partial charge in [-0.1, -0.05) is 19.3 Å². The first-order valence-electron chi connectivity index (χ1n) is 6.65. The smallest absolute Gasteiger partial charge is 0.305 e. The van der Waals surface area contributed by atoms with Gasteiger partial charge in [-0.25, -0.2) is 0 Å². The largest absolute Gasteiger partial charge is 0.481 e. The highest BCUT2D eigenvalue weighted by atomic mass is 79.9. The number of amides is 1. The molecule has 110 valence electrons. The van der Waals surface area contributed by atoms with Crippen LogP contribution in [0.3, 0.4) is 0 Å². The number of hydrogen-bond acceptors (Lipinski definition) is 3. The Hall–Kier alpha value is -1.37. The van der Waals surface area contributed by atoms with Gasteiger partial charge in [0.1, 0.15) is 0 Å². The standard InChI is InChI=1S/C13H18BrN3O3/c1-17-8-9(14)11(16-17)12(20)15-13(7-10(18)19)5-3-2-4-6-13/h8H,2-7H2,1H3,(H,15,20)(H,18,19). The minimum atomic E-state index is -0.882. The van der Waals surface area contributed by atoms with Crippen molar-refractivity contribution in [1.82, 2.24) is 15.1 Å². The van der Waals surface area contributed by atoms with Crippen LogP contribution in [0.15, 0.2) is 10.7 Å². The monoisotopic (exact) mass is 343 g/mol. The number of nitrogens with zero attached hydrogens (tertiary/aromatic N) is 2. The van der Waals surface area contributed by atoms with Crippen LogP contribution in [-0.4, -0.2) is 32.3 Å². The first-order valence-corrected chi connectivity index (χ1v) is 7.45. The maximum absolute atomic E-state index is 12.3. The molecule has 20 heavy (non-hydrogen) atoms. The summed E-state index contributed by atoms with van der Waals surface area (Å²) >= 11 is 3.29. The summed E-state index contributed by atoms with van der Waals surface area (Å²) in [6, 6.07) is 0. The van der Waals surface area contributed by atoms with Gasteiger partial charge in [-0.2, -0.15) is 5.10 Å². The van der Waals surface area contributed by atoms with Gasteiger partial charge in [-0.15, -0.1) is 0 Å². The third-order valence-electron chi connectivity index (χ3n) is 3.68. The van der Waals surface area contributed by atoms with Gasteiger partial charge in [-0.05, 0) is 28.8 Å². The lowest BCUT2D eigenvalue weighted by molar-refractivity contribution is -0.139. The second-order valence-electron chi connectivity index (χ2n) is 5.36. The summed E-state index contributed by atoms with van der Waals surface area (Å²) in [5.41, 5.74) is -0.346. The van der Waals surface area contributed by atoms with Crippen molar-refractivity contribution in [3.8, 4) is 0 Å². The molecule has 1 aromatic heterocycles. The van der Waals surface area contributed by atoms with Gasteiger partial charge in [0.05, 0.1) is 16.4 Å². The zero-order valence-electron chi connectivity index (χ0n) is 11.4. The molecule has 0 bridgehead atoms. The zero-order valence-corrected chi connectivity index (χ0v) is 12.9. The van der Waals surface area contributed by atoms with E-state index in [4.69, 9.17) is 5.11 Å². The van der Waals surface area contributed by atoms with Crippen molar-refractivity contribution >= 4 is 27.8 Å². The molecule has 1 amide bonds. The lowest BCUT2D eigenvalue weighted by Gasteiger charge is -2.36. The van der Waals surface area contributed by atoms with Crippen LogP contribution in [0.5, 0.6) is 0 Å². The van der Waals surface area contributed by atoms with E-state index in [-0.39, 0.29) is 12.3 Å². The molecule has 6 nitrogen and oxygen atoms in total. The van der Waals surface area contributed by atoms with Crippen molar-refractivity contribution in [2.24, 2.45) is 7.05 Å². The molecule has 1 fully saturated rings. The second-order valence-corrected chi connectivity index (χ2v) is 6.22. The topological polar surface area (TPSA) is 84.2 Å². The van der Waals surface area contributed by atoms with E-state index in [9.17, 15) is 9.59 Å². The molecular formula is C13H18BrN3O3. The first kappa shape index (κ1) is 15.0. The molecule has 1 aliphatic rings. The number of hydrogen-bond donors (Lipinski definition) is 2. The molecule has 0 radical (unpaired) electrons. The van der Waals surface area contributed by atoms with Crippen molar-refractivity contribution in [2.45, 2.75) is 44.1 Å². The quantitative estimate of drug-likeness (QED) is 0.876. The molecule has 0 unspecified atom stereocenters. The number of carboxylic acids is 1. The van der Waals surface area contributed by atoms with E-state index < -0.39 is 11.5 Å². The number of aromatic nitrogens is 2. The maximum Gasteiger partial charge on any atom is 0.305 e. The van der Waals surface area contributed by atoms with Crippen LogP contribution in [-0.2, 0) is 11.8 Å². The lowest BCUT2D eigenvalue weighted by atomic mass is 9.79. The van der Waals surface area contributed by atoms with Gasteiger partial charge in [-0.3, -0.25) is 14.3 Å². The van der Waals surface area contributed by atoms with Crippen molar-refractivity contribution < 1.29 is 14.7 Å². The van der Waals surface area contributed by atoms with Gasteiger partial charge < -0.3 is 10.4 Å². The van der Waals surface area contributed by atoms with Crippen molar-refractivity contribution in [1.29, 1.82) is 0 Å². The van der Waals surface area contributed by atoms with Crippen LogP contribution >= 0.6 is 15.9 Å². The van der Waals surface area contributed by atoms with Crippen LogP contribution in [0.4, 0.5) is 0 Å². The Balaban J connectivity index is 2.17. The van der Waals surface area contributed by atoms with E-state index in [0.717, 1.165) is 19.3 Å². The van der Waals surface area contributed by atoms with Gasteiger partial charge in [0.25, 0.3) is 5.91 Å². The average molecular weight is 344 g/mol. The number of halogens is 1. The number of aryl methyl sites for hydroxylation is 1. The fraction of sp³-hybridized carbons (Fsp3) is 0.615. The third-order valence-corrected chi connectivity index (χ3v) is 4.26. The molecule has 0 atom stereocenters. The molecular weight excluding hydrogens is 326 g/mol. The van der Waals surface area contributed by atoms with Crippen LogP contribution in [0.2, 0.25) is 0 Å². The summed E-state index contributed by atoms with van der Waals surface area (Å²) in [6.07, 6.45) is 6.03. The number of carbonyl (C=O) groups excluding carboxylic acids is 1. The molecule has 2 rings (SSSR count). The highest BCUT2D eigenvalue weighted by molar-refractivity contribution is 9.10. The Morgan fingerprint density at radius 3 is 2.60 bits per heavy atom. The van der Waals surface area contributed by atoms with Crippen LogP contribution < -0.4 is 5.32 Å². The highest BCUT2D eigenvalue weighted by Gasteiger charge is 2.36. The Labute approximate surface area is 125 Å². The Morgan fingerprint density at radius 1 is 1.45 bits per heavy atom. The SMILES string of the molecule is Cn1cc(Br)c(C(=O)NC2(CC(=O)O)CCCCC2)n1. The highest BCUT2D eigenvalue weighted by Crippen LogP contribution is 2.31. The fourth-order valence-corrected chi connectivity index (χ4v) is 3.33. The van der Waals surface area contributed by atoms with E-state index in [2.05, 4.69) is 26.3 Å². The molecule has 1 aromatic rings. The van der Waals surface area contributed by atoms with Crippen LogP contribution in [0, 0.1) is 0 Å². The number of nitrogens with one attached hydrogen (secondary N) is 1. The van der Waals surface area contributed by atoms with E-state index in [0.29, 0.717) is 23.0 Å². The van der Waals surface area contributed by atoms with Gasteiger partial charge >= 0.3 is 5.97 Å². The third kappa shape index (κ3) is 3.39. The van der Waals surface area contributed by atoms with Crippen molar-refractivity contribution in [3.63, 3.8) is 0 Å². The Kier molecular flexibility index (Phi) is 4.47. The van der Waals surface area contributed by atoms with E-state index in [1.165, 1.54) is 0 Å². The van der Waals surface area contributed by atoms with Crippen LogP contribution in [0.25, 0.3) is 0 Å². The minimum absolute atomic E-state index is 0.0385. The Bertz CT molecular complexity index is 521. The molecule has 1 heterocycles. The summed E-state index contributed by atoms with van der Waals surface area (Å²) in [4.78, 5) is 23.4. The number of carboxylic acid groups (broad SMARTS) is 1. The normalized spacial score (nSPS) is 17.7.